The molecule has 2 aromatic heterocycles. The number of carbonyl (C=O) groups excluding carboxylic acids is 1. The summed E-state index contributed by atoms with van der Waals surface area (Å²) < 4.78 is 10.1. The van der Waals surface area contributed by atoms with Crippen LogP contribution in [0.2, 0.25) is 0 Å². The van der Waals surface area contributed by atoms with Crippen LogP contribution in [0.4, 0.5) is 10.5 Å². The largest absolute Gasteiger partial charge is 0.359 e. The Bertz CT molecular complexity index is 619. The van der Waals surface area contributed by atoms with E-state index in [1.807, 2.05) is 13.8 Å². The molecule has 0 aliphatic rings. The first-order chi connectivity index (χ1) is 10.0. The molecule has 21 heavy (non-hydrogen) atoms. The second kappa shape index (κ2) is 6.38. The first-order valence-corrected chi connectivity index (χ1v) is 6.88. The molecule has 0 aliphatic carbocycles. The van der Waals surface area contributed by atoms with Crippen molar-refractivity contribution in [3.63, 3.8) is 0 Å². The van der Waals surface area contributed by atoms with Crippen LogP contribution in [-0.2, 0) is 6.42 Å². The van der Waals surface area contributed by atoms with E-state index in [2.05, 4.69) is 25.9 Å². The van der Waals surface area contributed by atoms with Gasteiger partial charge in [-0.15, -0.1) is 0 Å². The number of hydrogen-bond donors (Lipinski definition) is 2. The molecule has 8 heteroatoms. The van der Waals surface area contributed by atoms with E-state index in [9.17, 15) is 4.79 Å². The van der Waals surface area contributed by atoms with Gasteiger partial charge in [0.05, 0.1) is 6.04 Å². The molecule has 0 saturated heterocycles. The summed E-state index contributed by atoms with van der Waals surface area (Å²) in [5.74, 6) is 1.57. The van der Waals surface area contributed by atoms with Gasteiger partial charge in [-0.2, -0.15) is 4.98 Å². The minimum atomic E-state index is -0.356. The number of urea groups is 1. The van der Waals surface area contributed by atoms with E-state index in [-0.39, 0.29) is 12.1 Å². The number of amides is 2. The number of aryl methyl sites for hydroxylation is 3. The van der Waals surface area contributed by atoms with Crippen LogP contribution in [0.25, 0.3) is 0 Å². The Morgan fingerprint density at radius 3 is 2.57 bits per heavy atom. The van der Waals surface area contributed by atoms with E-state index in [0.717, 1.165) is 0 Å². The van der Waals surface area contributed by atoms with Gasteiger partial charge in [0, 0.05) is 13.3 Å². The van der Waals surface area contributed by atoms with Crippen molar-refractivity contribution in [2.75, 3.05) is 5.32 Å². The zero-order chi connectivity index (χ0) is 15.4. The summed E-state index contributed by atoms with van der Waals surface area (Å²) in [6, 6.07) is -0.669. The fourth-order valence-corrected chi connectivity index (χ4v) is 1.93. The second-order valence-electron chi connectivity index (χ2n) is 4.65. The topological polar surface area (TPSA) is 106 Å². The van der Waals surface area contributed by atoms with E-state index in [0.29, 0.717) is 41.7 Å². The van der Waals surface area contributed by atoms with Crippen LogP contribution in [0.3, 0.4) is 0 Å². The summed E-state index contributed by atoms with van der Waals surface area (Å²) in [4.78, 5) is 16.2. The van der Waals surface area contributed by atoms with Gasteiger partial charge in [-0.1, -0.05) is 24.2 Å². The highest BCUT2D eigenvalue weighted by atomic mass is 16.5. The van der Waals surface area contributed by atoms with Crippen LogP contribution in [0, 0.1) is 13.8 Å². The SMILES string of the molecule is CCc1onc(C)c1NC(=O)N[C@@H](CC)c1noc(C)n1. The fourth-order valence-electron chi connectivity index (χ4n) is 1.93. The van der Waals surface area contributed by atoms with Crippen molar-refractivity contribution in [2.24, 2.45) is 0 Å². The van der Waals surface area contributed by atoms with E-state index in [4.69, 9.17) is 9.05 Å². The van der Waals surface area contributed by atoms with Gasteiger partial charge >= 0.3 is 6.03 Å². The molecule has 114 valence electrons. The van der Waals surface area contributed by atoms with Crippen LogP contribution in [0.1, 0.15) is 49.5 Å². The number of rotatable bonds is 5. The van der Waals surface area contributed by atoms with Crippen LogP contribution >= 0.6 is 0 Å². The minimum absolute atomic E-state index is 0.312. The van der Waals surface area contributed by atoms with E-state index in [1.54, 1.807) is 13.8 Å². The zero-order valence-corrected chi connectivity index (χ0v) is 12.6. The molecule has 8 nitrogen and oxygen atoms in total. The molecule has 2 heterocycles. The molecule has 0 aromatic carbocycles. The highest BCUT2D eigenvalue weighted by molar-refractivity contribution is 5.90. The van der Waals surface area contributed by atoms with Crippen LogP contribution in [0.5, 0.6) is 0 Å². The molecule has 0 saturated carbocycles. The van der Waals surface area contributed by atoms with Crippen LogP contribution in [-0.4, -0.2) is 21.3 Å². The van der Waals surface area contributed by atoms with Gasteiger partial charge in [0.15, 0.2) is 11.6 Å². The van der Waals surface area contributed by atoms with Crippen molar-refractivity contribution < 1.29 is 13.8 Å². The first-order valence-electron chi connectivity index (χ1n) is 6.88. The van der Waals surface area contributed by atoms with E-state index in [1.165, 1.54) is 0 Å². The monoisotopic (exact) mass is 293 g/mol. The summed E-state index contributed by atoms with van der Waals surface area (Å²) in [7, 11) is 0. The minimum Gasteiger partial charge on any atom is -0.359 e. The fraction of sp³-hybridized carbons (Fsp3) is 0.538. The van der Waals surface area contributed by atoms with Crippen LogP contribution < -0.4 is 10.6 Å². The number of anilines is 1. The lowest BCUT2D eigenvalue weighted by Gasteiger charge is -2.13. The standard InChI is InChI=1S/C13H19N5O3/c1-5-9(12-14-8(4)20-18-12)15-13(19)16-11-7(3)17-21-10(11)6-2/h9H,5-6H2,1-4H3,(H2,15,16,19)/t9-/m0/s1. The molecular weight excluding hydrogens is 274 g/mol. The molecule has 2 rings (SSSR count). The van der Waals surface area contributed by atoms with E-state index < -0.39 is 0 Å². The summed E-state index contributed by atoms with van der Waals surface area (Å²) in [6.45, 7) is 7.34. The molecular formula is C13H19N5O3. The molecule has 2 amide bonds. The maximum absolute atomic E-state index is 12.1. The lowest BCUT2D eigenvalue weighted by molar-refractivity contribution is 0.247. The van der Waals surface area contributed by atoms with Gasteiger partial charge in [-0.3, -0.25) is 0 Å². The van der Waals surface area contributed by atoms with Crippen molar-refractivity contribution >= 4 is 11.7 Å². The molecule has 0 radical (unpaired) electrons. The summed E-state index contributed by atoms with van der Waals surface area (Å²) in [5, 5.41) is 13.2. The Kier molecular flexibility index (Phi) is 4.56. The molecule has 2 N–H and O–H groups in total. The number of carbonyl (C=O) groups is 1. The summed E-state index contributed by atoms with van der Waals surface area (Å²) in [6.07, 6.45) is 1.30. The smallest absolute Gasteiger partial charge is 0.319 e. The summed E-state index contributed by atoms with van der Waals surface area (Å²) in [5.41, 5.74) is 1.25. The van der Waals surface area contributed by atoms with Gasteiger partial charge in [0.25, 0.3) is 0 Å². The first kappa shape index (κ1) is 15.0. The van der Waals surface area contributed by atoms with Crippen molar-refractivity contribution in [3.8, 4) is 0 Å². The Balaban J connectivity index is 2.05. The predicted molar refractivity (Wildman–Crippen MR) is 74.8 cm³/mol. The number of hydrogen-bond acceptors (Lipinski definition) is 6. The molecule has 0 fully saturated rings. The Labute approximate surface area is 122 Å². The highest BCUT2D eigenvalue weighted by Crippen LogP contribution is 2.21. The lowest BCUT2D eigenvalue weighted by Crippen LogP contribution is -2.33. The third-order valence-corrected chi connectivity index (χ3v) is 3.06. The van der Waals surface area contributed by atoms with Gasteiger partial charge in [0.1, 0.15) is 11.4 Å². The van der Waals surface area contributed by atoms with Crippen LogP contribution in [0.15, 0.2) is 9.05 Å². The average molecular weight is 293 g/mol. The third-order valence-electron chi connectivity index (χ3n) is 3.06. The number of nitrogens with zero attached hydrogens (tertiary/aromatic N) is 3. The molecule has 0 aliphatic heterocycles. The lowest BCUT2D eigenvalue weighted by atomic mass is 10.2. The average Bonchev–Trinajstić information content (AvgIpc) is 3.03. The zero-order valence-electron chi connectivity index (χ0n) is 12.6. The Hall–Kier alpha value is -2.38. The van der Waals surface area contributed by atoms with Gasteiger partial charge < -0.3 is 19.7 Å². The second-order valence-corrected chi connectivity index (χ2v) is 4.65. The quantitative estimate of drug-likeness (QED) is 0.877. The van der Waals surface area contributed by atoms with Crippen molar-refractivity contribution in [1.82, 2.24) is 20.6 Å². The van der Waals surface area contributed by atoms with Crippen molar-refractivity contribution in [3.05, 3.63) is 23.2 Å². The summed E-state index contributed by atoms with van der Waals surface area (Å²) >= 11 is 0. The maximum atomic E-state index is 12.1. The Morgan fingerprint density at radius 2 is 2.00 bits per heavy atom. The third kappa shape index (κ3) is 3.39. The van der Waals surface area contributed by atoms with Gasteiger partial charge in [-0.25, -0.2) is 4.79 Å². The van der Waals surface area contributed by atoms with E-state index >= 15 is 0 Å². The van der Waals surface area contributed by atoms with Gasteiger partial charge in [-0.05, 0) is 13.3 Å². The number of nitrogens with one attached hydrogen (secondary N) is 2. The van der Waals surface area contributed by atoms with Crippen molar-refractivity contribution in [1.29, 1.82) is 0 Å². The number of aromatic nitrogens is 3. The molecule has 0 bridgehead atoms. The molecule has 2 aromatic rings. The van der Waals surface area contributed by atoms with Crippen molar-refractivity contribution in [2.45, 2.75) is 46.6 Å². The Morgan fingerprint density at radius 1 is 1.24 bits per heavy atom. The predicted octanol–water partition coefficient (Wildman–Crippen LogP) is 2.51. The molecule has 0 spiro atoms. The maximum Gasteiger partial charge on any atom is 0.319 e. The molecule has 1 atom stereocenters. The normalized spacial score (nSPS) is 12.2. The highest BCUT2D eigenvalue weighted by Gasteiger charge is 2.20. The molecule has 0 unspecified atom stereocenters. The van der Waals surface area contributed by atoms with Gasteiger partial charge in [0.2, 0.25) is 5.89 Å².